The van der Waals surface area contributed by atoms with Crippen LogP contribution in [0.3, 0.4) is 0 Å². The Morgan fingerprint density at radius 1 is 1.13 bits per heavy atom. The van der Waals surface area contributed by atoms with E-state index in [1.807, 2.05) is 13.8 Å². The maximum Gasteiger partial charge on any atom is 0.408 e. The van der Waals surface area contributed by atoms with E-state index in [1.54, 1.807) is 48.0 Å². The second kappa shape index (κ2) is 14.7. The number of fused-ring (bicyclic) bond motifs is 9. The van der Waals surface area contributed by atoms with E-state index in [-0.39, 0.29) is 44.9 Å². The number of nitrogens with one attached hydrogen (secondary N) is 3. The Hall–Kier alpha value is -4.71. The molecule has 0 radical (unpaired) electrons. The second-order valence-electron chi connectivity index (χ2n) is 14.6. The van der Waals surface area contributed by atoms with Gasteiger partial charge >= 0.3 is 6.09 Å². The molecule has 0 aliphatic carbocycles. The van der Waals surface area contributed by atoms with E-state index >= 15 is 0 Å². The van der Waals surface area contributed by atoms with Crippen molar-refractivity contribution in [1.82, 2.24) is 20.9 Å². The Morgan fingerprint density at radius 3 is 2.56 bits per heavy atom. The molecule has 14 nitrogen and oxygen atoms in total. The molecule has 52 heavy (non-hydrogen) atoms. The predicted octanol–water partition coefficient (Wildman–Crippen LogP) is 4.05. The van der Waals surface area contributed by atoms with Crippen LogP contribution in [0, 0.1) is 25.2 Å². The summed E-state index contributed by atoms with van der Waals surface area (Å²) in [6.45, 7) is 15.0. The molecular weight excluding hydrogens is 670 g/mol. The number of carbonyl (C=O) groups excluding carboxylic acids is 2. The summed E-state index contributed by atoms with van der Waals surface area (Å²) in [4.78, 5) is 28.3. The molecule has 3 N–H and O–H groups in total. The van der Waals surface area contributed by atoms with Crippen LogP contribution in [-0.4, -0.2) is 87.6 Å². The van der Waals surface area contributed by atoms with Gasteiger partial charge in [-0.05, 0) is 65.5 Å². The average molecular weight is 720 g/mol. The third-order valence-corrected chi connectivity index (χ3v) is 10.0. The molecule has 1 fully saturated rings. The molecule has 1 saturated heterocycles. The molecule has 2 aromatic rings. The average Bonchev–Trinajstić information content (AvgIpc) is 3.58. The van der Waals surface area contributed by atoms with Gasteiger partial charge in [0, 0.05) is 48.0 Å². The number of hydrogen-bond acceptors (Lipinski definition) is 12. The Labute approximate surface area is 304 Å². The highest BCUT2D eigenvalue weighted by molar-refractivity contribution is 5.85. The maximum atomic E-state index is 13.6. The first-order chi connectivity index (χ1) is 24.8. The largest absolute Gasteiger partial charge is 0.493 e. The van der Waals surface area contributed by atoms with Gasteiger partial charge in [0.05, 0.1) is 25.3 Å². The summed E-state index contributed by atoms with van der Waals surface area (Å²) in [7, 11) is 3.19. The van der Waals surface area contributed by atoms with Gasteiger partial charge in [-0.15, -0.1) is 0 Å². The zero-order chi connectivity index (χ0) is 37.5. The number of piperazine rings is 1. The van der Waals surface area contributed by atoms with E-state index in [2.05, 4.69) is 39.6 Å². The van der Waals surface area contributed by atoms with Gasteiger partial charge in [0.2, 0.25) is 12.7 Å². The molecule has 6 rings (SSSR count). The Morgan fingerprint density at radius 2 is 1.88 bits per heavy atom. The number of carbonyl (C=O) groups is 2. The van der Waals surface area contributed by atoms with Crippen molar-refractivity contribution in [2.45, 2.75) is 96.2 Å². The molecule has 2 amide bonds. The number of aryl methyl sites for hydroxylation is 1. The van der Waals surface area contributed by atoms with Crippen molar-refractivity contribution in [1.29, 1.82) is 5.26 Å². The molecule has 0 aromatic heterocycles. The summed E-state index contributed by atoms with van der Waals surface area (Å²) in [5.74, 6) is 2.58. The van der Waals surface area contributed by atoms with Crippen molar-refractivity contribution < 1.29 is 42.7 Å². The molecule has 4 aliphatic rings. The second-order valence-corrected chi connectivity index (χ2v) is 14.6. The Kier molecular flexibility index (Phi) is 10.5. The monoisotopic (exact) mass is 719 g/mol. The summed E-state index contributed by atoms with van der Waals surface area (Å²) < 4.78 is 41.4. The first kappa shape index (κ1) is 37.1. The normalized spacial score (nSPS) is 23.2. The molecule has 0 saturated carbocycles. The summed E-state index contributed by atoms with van der Waals surface area (Å²) >= 11 is 0. The third kappa shape index (κ3) is 6.68. The van der Waals surface area contributed by atoms with Crippen molar-refractivity contribution in [3.05, 3.63) is 52.1 Å². The molecule has 4 aliphatic heterocycles. The fourth-order valence-electron chi connectivity index (χ4n) is 8.09. The summed E-state index contributed by atoms with van der Waals surface area (Å²) in [5.41, 5.74) is 4.68. The lowest BCUT2D eigenvalue weighted by Gasteiger charge is -2.56. The highest BCUT2D eigenvalue weighted by atomic mass is 16.7. The van der Waals surface area contributed by atoms with Crippen LogP contribution in [0.2, 0.25) is 0 Å². The molecule has 0 spiro atoms. The maximum absolute atomic E-state index is 13.6. The van der Waals surface area contributed by atoms with Crippen LogP contribution >= 0.6 is 0 Å². The van der Waals surface area contributed by atoms with Crippen molar-refractivity contribution in [2.24, 2.45) is 0 Å². The minimum absolute atomic E-state index is 0.0207. The van der Waals surface area contributed by atoms with E-state index in [1.165, 1.54) is 0 Å². The summed E-state index contributed by atoms with van der Waals surface area (Å²) in [5, 5.41) is 20.4. The number of rotatable bonds is 11. The van der Waals surface area contributed by atoms with Crippen molar-refractivity contribution in [3.8, 4) is 34.8 Å². The summed E-state index contributed by atoms with van der Waals surface area (Å²) in [6, 6.07) is 1.81. The van der Waals surface area contributed by atoms with E-state index in [4.69, 9.17) is 33.2 Å². The number of methoxy groups -OCH3 is 2. The Balaban J connectivity index is 1.48. The standard InChI is InChI=1S/C38H49N5O9/c1-10-11-48-32-20(3)33-35(51-18-50-33)29-23(32)14-25-30-28-22(12-19(2)31(47-9)34(28)49-17-46-8)13-24(42-30)26(15-39)43(25)27(29)16-40-36(44)21(4)41-37(45)52-38(5,6)7/h10,12,21,24-27,30,42H,1,11,13-14,16-18H2,2-9H3,(H,40,44)(H,41,45)/t21-,24+,25?,26-,27-,30+/m0/s1. The van der Waals surface area contributed by atoms with Crippen LogP contribution in [-0.2, 0) is 27.1 Å². The van der Waals surface area contributed by atoms with Crippen LogP contribution in [0.4, 0.5) is 4.79 Å². The van der Waals surface area contributed by atoms with Crippen LogP contribution in [0.25, 0.3) is 0 Å². The molecule has 4 heterocycles. The molecule has 280 valence electrons. The lowest BCUT2D eigenvalue weighted by molar-refractivity contribution is -0.123. The van der Waals surface area contributed by atoms with Crippen LogP contribution in [0.5, 0.6) is 28.7 Å². The van der Waals surface area contributed by atoms with E-state index in [0.717, 1.165) is 33.4 Å². The minimum atomic E-state index is -0.902. The van der Waals surface area contributed by atoms with Gasteiger partial charge in [0.25, 0.3) is 0 Å². The topological polar surface area (TPSA) is 162 Å². The van der Waals surface area contributed by atoms with E-state index < -0.39 is 35.7 Å². The smallest absolute Gasteiger partial charge is 0.408 e. The minimum Gasteiger partial charge on any atom is -0.493 e. The highest BCUT2D eigenvalue weighted by Gasteiger charge is 2.54. The molecule has 6 atom stereocenters. The third-order valence-electron chi connectivity index (χ3n) is 10.0. The molecule has 1 unspecified atom stereocenters. The fourth-order valence-corrected chi connectivity index (χ4v) is 8.09. The quantitative estimate of drug-likeness (QED) is 0.226. The predicted molar refractivity (Wildman–Crippen MR) is 190 cm³/mol. The van der Waals surface area contributed by atoms with Crippen LogP contribution in [0.15, 0.2) is 18.7 Å². The lowest BCUT2D eigenvalue weighted by Crippen LogP contribution is -2.68. The first-order valence-corrected chi connectivity index (χ1v) is 17.5. The number of alkyl carbamates (subject to hydrolysis) is 1. The van der Waals surface area contributed by atoms with Crippen LogP contribution in [0.1, 0.15) is 73.2 Å². The number of nitriles is 1. The van der Waals surface area contributed by atoms with E-state index in [0.29, 0.717) is 41.6 Å². The van der Waals surface area contributed by atoms with Crippen molar-refractivity contribution in [3.63, 3.8) is 0 Å². The van der Waals surface area contributed by atoms with Crippen molar-refractivity contribution >= 4 is 12.0 Å². The molecule has 14 heteroatoms. The van der Waals surface area contributed by atoms with Gasteiger partial charge in [0.1, 0.15) is 30.0 Å². The highest BCUT2D eigenvalue weighted by Crippen LogP contribution is 2.56. The zero-order valence-corrected chi connectivity index (χ0v) is 31.1. The van der Waals surface area contributed by atoms with Gasteiger partial charge in [-0.2, -0.15) is 5.26 Å². The number of hydrogen-bond donors (Lipinski definition) is 3. The van der Waals surface area contributed by atoms with Crippen LogP contribution < -0.4 is 39.6 Å². The number of nitrogens with zero attached hydrogens (tertiary/aromatic N) is 2. The van der Waals surface area contributed by atoms with Gasteiger partial charge in [0.15, 0.2) is 29.8 Å². The van der Waals surface area contributed by atoms with Gasteiger partial charge in [-0.25, -0.2) is 4.79 Å². The van der Waals surface area contributed by atoms with E-state index in [9.17, 15) is 14.9 Å². The summed E-state index contributed by atoms with van der Waals surface area (Å²) in [6.07, 6.45) is 2.02. The number of amides is 2. The number of ether oxygens (including phenoxy) is 7. The lowest BCUT2D eigenvalue weighted by atomic mass is 9.72. The first-order valence-electron chi connectivity index (χ1n) is 17.5. The van der Waals surface area contributed by atoms with Gasteiger partial charge in [-0.1, -0.05) is 18.7 Å². The Bertz CT molecular complexity index is 1780. The molecular formula is C38H49N5O9. The fraction of sp³-hybridized carbons (Fsp3) is 0.553. The van der Waals surface area contributed by atoms with Crippen molar-refractivity contribution in [2.75, 3.05) is 41.0 Å². The molecule has 2 bridgehead atoms. The zero-order valence-electron chi connectivity index (χ0n) is 31.1. The number of benzene rings is 2. The molecule has 2 aromatic carbocycles. The van der Waals surface area contributed by atoms with Gasteiger partial charge in [-0.3, -0.25) is 9.69 Å². The van der Waals surface area contributed by atoms with Gasteiger partial charge < -0.3 is 49.1 Å². The SMILES string of the molecule is C=CCOc1c(C)c2c(c3c1CC1[C@H]4N[C@H](Cc5cc(C)c(OC)c(OCOC)c54)[C@H](C#N)N1[C@H]3CNC(=O)[C@H](C)NC(=O)OC(C)(C)C)OCO2.